The van der Waals surface area contributed by atoms with Crippen LogP contribution in [0.3, 0.4) is 0 Å². The van der Waals surface area contributed by atoms with Crippen LogP contribution in [0, 0.1) is 10.1 Å². The first-order valence-corrected chi connectivity index (χ1v) is 10.1. The first-order valence-electron chi connectivity index (χ1n) is 8.66. The van der Waals surface area contributed by atoms with Crippen molar-refractivity contribution in [2.24, 2.45) is 0 Å². The third-order valence-electron chi connectivity index (χ3n) is 4.04. The van der Waals surface area contributed by atoms with Gasteiger partial charge in [-0.3, -0.25) is 28.8 Å². The fraction of sp³-hybridized carbons (Fsp3) is 0.312. The number of rotatable bonds is 6. The molecule has 0 bridgehead atoms. The number of aryl methyl sites for hydroxylation is 1. The highest BCUT2D eigenvalue weighted by molar-refractivity contribution is 7.79. The number of unbranched alkanes of at least 4 members (excludes halogenated alkanes) is 2. The Morgan fingerprint density at radius 1 is 1.23 bits per heavy atom. The van der Waals surface area contributed by atoms with E-state index >= 15 is 0 Å². The first kappa shape index (κ1) is 22.9. The number of nitrogens with one attached hydrogen (secondary N) is 1. The van der Waals surface area contributed by atoms with Gasteiger partial charge < -0.3 is 14.1 Å². The highest BCUT2D eigenvalue weighted by Gasteiger charge is 2.19. The Balaban J connectivity index is 0.000000575. The topological polar surface area (TPSA) is 190 Å². The van der Waals surface area contributed by atoms with Gasteiger partial charge in [-0.1, -0.05) is 19.8 Å². The lowest BCUT2D eigenvalue weighted by Gasteiger charge is -2.12. The average Bonchev–Trinajstić information content (AvgIpc) is 3.17. The fourth-order valence-electron chi connectivity index (χ4n) is 2.79. The van der Waals surface area contributed by atoms with Gasteiger partial charge in [0.15, 0.2) is 0 Å². The molecule has 14 heteroatoms. The van der Waals surface area contributed by atoms with E-state index in [0.717, 1.165) is 19.3 Å². The Morgan fingerprint density at radius 3 is 2.43 bits per heavy atom. The quantitative estimate of drug-likeness (QED) is 0.166. The summed E-state index contributed by atoms with van der Waals surface area (Å²) in [6, 6.07) is 2.82. The molecule has 13 nitrogen and oxygen atoms in total. The zero-order valence-corrected chi connectivity index (χ0v) is 16.6. The molecule has 0 saturated carbocycles. The average molecular weight is 441 g/mol. The molecule has 0 spiro atoms. The van der Waals surface area contributed by atoms with Crippen molar-refractivity contribution in [2.45, 2.75) is 32.7 Å². The molecule has 0 aliphatic rings. The Hall–Kier alpha value is -3.36. The number of nitrogens with zero attached hydrogens (tertiary/aromatic N) is 4. The minimum atomic E-state index is -4.67. The lowest BCUT2D eigenvalue weighted by Crippen LogP contribution is -2.36. The fourth-order valence-corrected chi connectivity index (χ4v) is 2.79. The Morgan fingerprint density at radius 2 is 1.90 bits per heavy atom. The number of fused-ring (bicyclic) bond motifs is 1. The van der Waals surface area contributed by atoms with E-state index < -0.39 is 26.4 Å². The summed E-state index contributed by atoms with van der Waals surface area (Å²) >= 11 is 0. The maximum absolute atomic E-state index is 12.3. The van der Waals surface area contributed by atoms with Crippen molar-refractivity contribution in [1.82, 2.24) is 19.1 Å². The molecule has 3 N–H and O–H groups in total. The van der Waals surface area contributed by atoms with E-state index in [9.17, 15) is 19.7 Å². The highest BCUT2D eigenvalue weighted by Crippen LogP contribution is 2.27. The summed E-state index contributed by atoms with van der Waals surface area (Å²) in [7, 11) is -4.67. The minimum absolute atomic E-state index is 0.181. The lowest BCUT2D eigenvalue weighted by atomic mass is 10.2. The van der Waals surface area contributed by atoms with Gasteiger partial charge in [-0.25, -0.2) is 4.98 Å². The second-order valence-electron chi connectivity index (χ2n) is 6.15. The van der Waals surface area contributed by atoms with Gasteiger partial charge in [0.05, 0.1) is 22.3 Å². The lowest BCUT2D eigenvalue weighted by molar-refractivity contribution is -0.384. The Labute approximate surface area is 169 Å². The van der Waals surface area contributed by atoms with E-state index in [0.29, 0.717) is 12.1 Å². The van der Waals surface area contributed by atoms with E-state index in [1.165, 1.54) is 27.7 Å². The summed E-state index contributed by atoms with van der Waals surface area (Å²) < 4.78 is 34.5. The van der Waals surface area contributed by atoms with Crippen LogP contribution < -0.4 is 11.1 Å². The van der Waals surface area contributed by atoms with Gasteiger partial charge >= 0.3 is 21.5 Å². The van der Waals surface area contributed by atoms with Crippen molar-refractivity contribution in [2.75, 3.05) is 0 Å². The van der Waals surface area contributed by atoms with Crippen molar-refractivity contribution in [3.8, 4) is 5.69 Å². The van der Waals surface area contributed by atoms with Gasteiger partial charge in [-0.15, -0.1) is 0 Å². The second-order valence-corrected chi connectivity index (χ2v) is 7.05. The Kier molecular flexibility index (Phi) is 7.20. The van der Waals surface area contributed by atoms with Gasteiger partial charge in [0.1, 0.15) is 5.69 Å². The van der Waals surface area contributed by atoms with Crippen LogP contribution >= 0.6 is 0 Å². The van der Waals surface area contributed by atoms with E-state index in [4.69, 9.17) is 17.5 Å². The van der Waals surface area contributed by atoms with E-state index in [1.807, 2.05) is 6.92 Å². The number of nitro groups is 1. The van der Waals surface area contributed by atoms with Gasteiger partial charge in [0, 0.05) is 25.0 Å². The molecule has 2 aromatic heterocycles. The van der Waals surface area contributed by atoms with Crippen LogP contribution in [-0.4, -0.2) is 41.5 Å². The van der Waals surface area contributed by atoms with Crippen LogP contribution in [0.5, 0.6) is 0 Å². The van der Waals surface area contributed by atoms with E-state index in [1.54, 1.807) is 12.3 Å². The normalized spacial score (nSPS) is 11.2. The van der Waals surface area contributed by atoms with Crippen LogP contribution in [0.15, 0.2) is 40.4 Å². The summed E-state index contributed by atoms with van der Waals surface area (Å²) in [4.78, 5) is 41.4. The molecule has 30 heavy (non-hydrogen) atoms. The van der Waals surface area contributed by atoms with Gasteiger partial charge in [-0.2, -0.15) is 8.42 Å². The second kappa shape index (κ2) is 9.43. The predicted octanol–water partition coefficient (Wildman–Crippen LogP) is 1.32. The monoisotopic (exact) mass is 441 g/mol. The van der Waals surface area contributed by atoms with Crippen molar-refractivity contribution < 1.29 is 22.4 Å². The standard InChI is InChI=1S/C16H17N5O4.H2O4S/c1-2-3-4-6-20-12-9-13(19-7-5-17-10-19)14(21(24)25)8-11(12)18-15(22)16(20)23;1-5(2,3)4/h5,7-10H,2-4,6H2,1H3,(H,18,22);(H2,1,2,3,4). The molecule has 0 fully saturated rings. The molecule has 3 rings (SSSR count). The zero-order chi connectivity index (χ0) is 22.5. The van der Waals surface area contributed by atoms with E-state index in [2.05, 4.69) is 9.97 Å². The van der Waals surface area contributed by atoms with Crippen LogP contribution in [0.25, 0.3) is 16.7 Å². The molecular formula is C16H19N5O8S. The van der Waals surface area contributed by atoms with Gasteiger partial charge in [0.25, 0.3) is 5.69 Å². The van der Waals surface area contributed by atoms with Crippen LogP contribution in [0.4, 0.5) is 5.69 Å². The first-order chi connectivity index (χ1) is 14.0. The molecule has 0 unspecified atom stereocenters. The Bertz CT molecular complexity index is 1250. The molecule has 0 amide bonds. The molecule has 0 radical (unpaired) electrons. The molecule has 162 valence electrons. The molecule has 3 aromatic rings. The molecule has 0 saturated heterocycles. The summed E-state index contributed by atoms with van der Waals surface area (Å²) in [5.41, 5.74) is -0.625. The van der Waals surface area contributed by atoms with Crippen molar-refractivity contribution in [3.63, 3.8) is 0 Å². The van der Waals surface area contributed by atoms with Crippen LogP contribution in [-0.2, 0) is 16.9 Å². The minimum Gasteiger partial charge on any atom is -0.316 e. The van der Waals surface area contributed by atoms with Crippen LogP contribution in [0.1, 0.15) is 26.2 Å². The molecule has 0 aliphatic carbocycles. The molecular weight excluding hydrogens is 422 g/mol. The van der Waals surface area contributed by atoms with Crippen molar-refractivity contribution >= 4 is 27.1 Å². The SMILES string of the molecule is CCCCCn1c(=O)c(=O)[nH]c2cc([N+](=O)[O-])c(-n3ccnc3)cc21.O=S(=O)(O)O. The predicted molar refractivity (Wildman–Crippen MR) is 106 cm³/mol. The summed E-state index contributed by atoms with van der Waals surface area (Å²) in [5, 5.41) is 11.4. The zero-order valence-electron chi connectivity index (χ0n) is 15.8. The van der Waals surface area contributed by atoms with E-state index in [-0.39, 0.29) is 16.9 Å². The number of hydrogen-bond donors (Lipinski definition) is 3. The van der Waals surface area contributed by atoms with Crippen LogP contribution in [0.2, 0.25) is 0 Å². The third-order valence-corrected chi connectivity index (χ3v) is 4.04. The molecule has 0 aliphatic heterocycles. The number of aromatic nitrogens is 4. The molecule has 1 aromatic carbocycles. The summed E-state index contributed by atoms with van der Waals surface area (Å²) in [5.74, 6) is 0. The highest BCUT2D eigenvalue weighted by atomic mass is 32.3. The number of benzene rings is 1. The van der Waals surface area contributed by atoms with Gasteiger partial charge in [0.2, 0.25) is 0 Å². The molecule has 2 heterocycles. The number of H-pyrrole nitrogens is 1. The molecule has 0 atom stereocenters. The van der Waals surface area contributed by atoms with Gasteiger partial charge in [-0.05, 0) is 12.5 Å². The van der Waals surface area contributed by atoms with Crippen molar-refractivity contribution in [1.29, 1.82) is 0 Å². The number of imidazole rings is 1. The van der Waals surface area contributed by atoms with Crippen molar-refractivity contribution in [3.05, 3.63) is 61.7 Å². The third kappa shape index (κ3) is 5.82. The number of aromatic amines is 1. The largest absolute Gasteiger partial charge is 0.394 e. The number of hydrogen-bond acceptors (Lipinski definition) is 7. The number of nitro benzene ring substituents is 1. The maximum Gasteiger partial charge on any atom is 0.394 e. The summed E-state index contributed by atoms with van der Waals surface area (Å²) in [6.07, 6.45) is 7.17. The maximum atomic E-state index is 12.3. The smallest absolute Gasteiger partial charge is 0.316 e. The summed E-state index contributed by atoms with van der Waals surface area (Å²) in [6.45, 7) is 2.42.